The van der Waals surface area contributed by atoms with Gasteiger partial charge in [-0.2, -0.15) is 0 Å². The van der Waals surface area contributed by atoms with E-state index in [1.54, 1.807) is 0 Å². The largest absolute Gasteiger partial charge is 0.469 e. The first-order valence-corrected chi connectivity index (χ1v) is 7.03. The van der Waals surface area contributed by atoms with Gasteiger partial charge in [0, 0.05) is 0 Å². The van der Waals surface area contributed by atoms with Gasteiger partial charge < -0.3 is 9.47 Å². The highest BCUT2D eigenvalue weighted by molar-refractivity contribution is 5.96. The third kappa shape index (κ3) is 2.08. The second-order valence-corrected chi connectivity index (χ2v) is 5.18. The van der Waals surface area contributed by atoms with E-state index >= 15 is 0 Å². The summed E-state index contributed by atoms with van der Waals surface area (Å²) < 4.78 is 9.88. The summed E-state index contributed by atoms with van der Waals surface area (Å²) in [5.41, 5.74) is 3.49. The molecule has 0 radical (unpaired) electrons. The Hall–Kier alpha value is -2.62. The Morgan fingerprint density at radius 3 is 1.45 bits per heavy atom. The average Bonchev–Trinajstić information content (AvgIpc) is 2.59. The zero-order valence-electron chi connectivity index (χ0n) is 12.4. The third-order valence-electron chi connectivity index (χ3n) is 4.13. The number of hydrogen-bond donors (Lipinski definition) is 0. The van der Waals surface area contributed by atoms with Crippen molar-refractivity contribution >= 4 is 11.9 Å². The molecule has 0 N–H and O–H groups in total. The van der Waals surface area contributed by atoms with Crippen molar-refractivity contribution in [2.45, 2.75) is 11.8 Å². The molecule has 2 aromatic carbocycles. The number of esters is 2. The molecule has 0 bridgehead atoms. The molecule has 0 heterocycles. The van der Waals surface area contributed by atoms with Gasteiger partial charge in [-0.15, -0.1) is 0 Å². The van der Waals surface area contributed by atoms with Crippen LogP contribution in [0.3, 0.4) is 0 Å². The molecule has 112 valence electrons. The maximum Gasteiger partial charge on any atom is 0.314 e. The summed E-state index contributed by atoms with van der Waals surface area (Å²) in [7, 11) is 2.67. The first-order valence-electron chi connectivity index (χ1n) is 7.03. The molecule has 22 heavy (non-hydrogen) atoms. The number of methoxy groups -OCH3 is 2. The van der Waals surface area contributed by atoms with E-state index in [1.807, 2.05) is 48.5 Å². The van der Waals surface area contributed by atoms with Gasteiger partial charge in [0.05, 0.1) is 26.1 Å². The molecule has 1 aliphatic carbocycles. The highest BCUT2D eigenvalue weighted by Gasteiger charge is 2.43. The normalized spacial score (nSPS) is 18.8. The maximum atomic E-state index is 12.3. The number of benzene rings is 2. The molecule has 4 heteroatoms. The Labute approximate surface area is 128 Å². The monoisotopic (exact) mass is 296 g/mol. The van der Waals surface area contributed by atoms with Crippen molar-refractivity contribution in [3.05, 3.63) is 59.7 Å². The van der Waals surface area contributed by atoms with Crippen molar-refractivity contribution in [1.82, 2.24) is 0 Å². The number of carbonyl (C=O) groups is 2. The van der Waals surface area contributed by atoms with Gasteiger partial charge in [-0.25, -0.2) is 0 Å². The van der Waals surface area contributed by atoms with Crippen molar-refractivity contribution in [3.8, 4) is 11.1 Å². The fourth-order valence-electron chi connectivity index (χ4n) is 3.17. The predicted molar refractivity (Wildman–Crippen MR) is 81.4 cm³/mol. The Balaban J connectivity index is 2.29. The minimum atomic E-state index is -0.691. The quantitative estimate of drug-likeness (QED) is 0.800. The number of hydrogen-bond acceptors (Lipinski definition) is 4. The van der Waals surface area contributed by atoms with E-state index in [9.17, 15) is 9.59 Å². The first-order chi connectivity index (χ1) is 10.7. The Morgan fingerprint density at radius 2 is 1.09 bits per heavy atom. The van der Waals surface area contributed by atoms with Gasteiger partial charge in [-0.3, -0.25) is 9.59 Å². The van der Waals surface area contributed by atoms with Crippen LogP contribution in [-0.2, 0) is 19.1 Å². The number of carbonyl (C=O) groups excluding carboxylic acids is 2. The summed E-state index contributed by atoms with van der Waals surface area (Å²) in [5, 5.41) is 0. The zero-order valence-corrected chi connectivity index (χ0v) is 12.4. The van der Waals surface area contributed by atoms with E-state index in [2.05, 4.69) is 0 Å². The van der Waals surface area contributed by atoms with Gasteiger partial charge >= 0.3 is 11.9 Å². The molecule has 0 saturated heterocycles. The van der Waals surface area contributed by atoms with E-state index in [1.165, 1.54) is 14.2 Å². The SMILES string of the molecule is COC(=O)[C@H]1c2ccccc2-c2ccccc2[C@@H]1C(=O)OC. The highest BCUT2D eigenvalue weighted by Crippen LogP contribution is 2.47. The zero-order chi connectivity index (χ0) is 15.7. The summed E-state index contributed by atoms with van der Waals surface area (Å²) >= 11 is 0. The second kappa shape index (κ2) is 5.64. The topological polar surface area (TPSA) is 52.6 Å². The van der Waals surface area contributed by atoms with Crippen LogP contribution in [0.15, 0.2) is 48.5 Å². The van der Waals surface area contributed by atoms with Crippen LogP contribution in [0.25, 0.3) is 11.1 Å². The van der Waals surface area contributed by atoms with Crippen molar-refractivity contribution < 1.29 is 19.1 Å². The molecule has 0 saturated carbocycles. The lowest BCUT2D eigenvalue weighted by Gasteiger charge is -2.32. The molecule has 2 aromatic rings. The molecule has 3 rings (SSSR count). The third-order valence-corrected chi connectivity index (χ3v) is 4.13. The van der Waals surface area contributed by atoms with Gasteiger partial charge in [0.15, 0.2) is 0 Å². The molecule has 0 fully saturated rings. The minimum absolute atomic E-state index is 0.433. The summed E-state index contributed by atoms with van der Waals surface area (Å²) in [6.45, 7) is 0. The lowest BCUT2D eigenvalue weighted by Crippen LogP contribution is -2.31. The lowest BCUT2D eigenvalue weighted by atomic mass is 9.71. The average molecular weight is 296 g/mol. The second-order valence-electron chi connectivity index (χ2n) is 5.18. The fourth-order valence-corrected chi connectivity index (χ4v) is 3.17. The van der Waals surface area contributed by atoms with Crippen LogP contribution in [0, 0.1) is 0 Å². The summed E-state index contributed by atoms with van der Waals surface area (Å²) in [5.74, 6) is -2.25. The van der Waals surface area contributed by atoms with Crippen LogP contribution in [0.4, 0.5) is 0 Å². The molecule has 0 amide bonds. The molecule has 2 atom stereocenters. The predicted octanol–water partition coefficient (Wildman–Crippen LogP) is 2.88. The van der Waals surface area contributed by atoms with Gasteiger partial charge in [0.2, 0.25) is 0 Å². The summed E-state index contributed by atoms with van der Waals surface area (Å²) in [6.07, 6.45) is 0. The Morgan fingerprint density at radius 1 is 0.727 bits per heavy atom. The molecule has 0 spiro atoms. The Kier molecular flexibility index (Phi) is 3.67. The van der Waals surface area contributed by atoms with Crippen LogP contribution in [0.2, 0.25) is 0 Å². The van der Waals surface area contributed by atoms with Crippen LogP contribution in [0.1, 0.15) is 23.0 Å². The molecular formula is C18H16O4. The summed E-state index contributed by atoms with van der Waals surface area (Å²) in [6, 6.07) is 15.2. The lowest BCUT2D eigenvalue weighted by molar-refractivity contribution is -0.151. The van der Waals surface area contributed by atoms with E-state index in [-0.39, 0.29) is 0 Å². The molecule has 4 nitrogen and oxygen atoms in total. The Bertz CT molecular complexity index is 672. The number of ether oxygens (including phenoxy) is 2. The minimum Gasteiger partial charge on any atom is -0.469 e. The van der Waals surface area contributed by atoms with Crippen LogP contribution in [-0.4, -0.2) is 26.2 Å². The standard InChI is InChI=1S/C18H16O4/c1-21-17(19)15-13-9-5-3-7-11(13)12-8-4-6-10-14(12)16(15)18(20)22-2/h3-10,15-16H,1-2H3/t15-,16-/m0/s1. The molecule has 0 aromatic heterocycles. The van der Waals surface area contributed by atoms with Crippen LogP contribution < -0.4 is 0 Å². The highest BCUT2D eigenvalue weighted by atomic mass is 16.5. The maximum absolute atomic E-state index is 12.3. The first kappa shape index (κ1) is 14.3. The van der Waals surface area contributed by atoms with Crippen molar-refractivity contribution in [1.29, 1.82) is 0 Å². The van der Waals surface area contributed by atoms with E-state index in [4.69, 9.17) is 9.47 Å². The van der Waals surface area contributed by atoms with Gasteiger partial charge in [0.25, 0.3) is 0 Å². The smallest absolute Gasteiger partial charge is 0.314 e. The van der Waals surface area contributed by atoms with Crippen molar-refractivity contribution in [3.63, 3.8) is 0 Å². The van der Waals surface area contributed by atoms with Crippen LogP contribution in [0.5, 0.6) is 0 Å². The van der Waals surface area contributed by atoms with Crippen molar-refractivity contribution in [2.24, 2.45) is 0 Å². The van der Waals surface area contributed by atoms with Crippen LogP contribution >= 0.6 is 0 Å². The molecule has 0 unspecified atom stereocenters. The molecule has 0 aliphatic heterocycles. The van der Waals surface area contributed by atoms with E-state index < -0.39 is 23.8 Å². The number of rotatable bonds is 2. The fraction of sp³-hybridized carbons (Fsp3) is 0.222. The van der Waals surface area contributed by atoms with Gasteiger partial charge in [0.1, 0.15) is 0 Å². The summed E-state index contributed by atoms with van der Waals surface area (Å²) in [4.78, 5) is 24.7. The van der Waals surface area contributed by atoms with Gasteiger partial charge in [-0.1, -0.05) is 48.5 Å². The van der Waals surface area contributed by atoms with E-state index in [0.29, 0.717) is 0 Å². The van der Waals surface area contributed by atoms with Gasteiger partial charge in [-0.05, 0) is 22.3 Å². The molecular weight excluding hydrogens is 280 g/mol. The number of fused-ring (bicyclic) bond motifs is 3. The van der Waals surface area contributed by atoms with Crippen molar-refractivity contribution in [2.75, 3.05) is 14.2 Å². The molecule has 1 aliphatic rings. The van der Waals surface area contributed by atoms with E-state index in [0.717, 1.165) is 22.3 Å².